The van der Waals surface area contributed by atoms with E-state index in [1.54, 1.807) is 24.3 Å². The number of esters is 1. The van der Waals surface area contributed by atoms with Crippen molar-refractivity contribution in [3.8, 4) is 12.1 Å². The first-order valence-corrected chi connectivity index (χ1v) is 6.07. The van der Waals surface area contributed by atoms with E-state index in [2.05, 4.69) is 4.74 Å². The third-order valence-electron chi connectivity index (χ3n) is 2.73. The van der Waals surface area contributed by atoms with Crippen LogP contribution in [0.1, 0.15) is 28.8 Å². The van der Waals surface area contributed by atoms with Gasteiger partial charge in [0.05, 0.1) is 24.8 Å². The number of carbonyl (C=O) groups is 1. The number of nitriles is 2. The van der Waals surface area contributed by atoms with E-state index in [9.17, 15) is 4.79 Å². The van der Waals surface area contributed by atoms with Crippen molar-refractivity contribution in [3.63, 3.8) is 0 Å². The summed E-state index contributed by atoms with van der Waals surface area (Å²) in [4.78, 5) is 10.4. The highest BCUT2D eigenvalue weighted by molar-refractivity contribution is 6.26. The second-order valence-electron chi connectivity index (χ2n) is 4.06. The third-order valence-corrected chi connectivity index (χ3v) is 3.13. The third kappa shape index (κ3) is 3.98. The number of hydrogen-bond donors (Lipinski definition) is 0. The molecule has 0 spiro atoms. The molecular formula is C14H13ClN2O2. The second kappa shape index (κ2) is 6.78. The molecule has 5 heteroatoms. The minimum atomic E-state index is -1.18. The van der Waals surface area contributed by atoms with Gasteiger partial charge < -0.3 is 4.74 Å². The lowest BCUT2D eigenvalue weighted by Crippen LogP contribution is -2.23. The highest BCUT2D eigenvalue weighted by atomic mass is 35.5. The Bertz CT molecular complexity index is 545. The lowest BCUT2D eigenvalue weighted by atomic mass is 9.92. The lowest BCUT2D eigenvalue weighted by Gasteiger charge is -2.19. The van der Waals surface area contributed by atoms with Gasteiger partial charge in [-0.05, 0) is 18.1 Å². The van der Waals surface area contributed by atoms with E-state index in [-0.39, 0.29) is 19.3 Å². The summed E-state index contributed by atoms with van der Waals surface area (Å²) < 4.78 is 4.69. The number of benzene rings is 1. The zero-order valence-electron chi connectivity index (χ0n) is 10.5. The van der Waals surface area contributed by atoms with Crippen LogP contribution in [-0.2, 0) is 11.2 Å². The zero-order chi connectivity index (χ0) is 14.3. The van der Waals surface area contributed by atoms with Crippen molar-refractivity contribution < 1.29 is 9.53 Å². The Labute approximate surface area is 117 Å². The zero-order valence-corrected chi connectivity index (χ0v) is 11.3. The van der Waals surface area contributed by atoms with Gasteiger partial charge in [0, 0.05) is 12.8 Å². The van der Waals surface area contributed by atoms with Crippen LogP contribution in [0.15, 0.2) is 24.3 Å². The molecule has 0 fully saturated rings. The normalized spacial score (nSPS) is 12.8. The fraction of sp³-hybridized carbons (Fsp3) is 0.357. The minimum absolute atomic E-state index is 0.192. The van der Waals surface area contributed by atoms with Crippen LogP contribution in [0.5, 0.6) is 0 Å². The van der Waals surface area contributed by atoms with Crippen LogP contribution in [0, 0.1) is 22.7 Å². The summed E-state index contributed by atoms with van der Waals surface area (Å²) in [7, 11) is 1.30. The number of alkyl halides is 1. The number of carbonyl (C=O) groups excluding carboxylic acids is 1. The molecule has 0 aliphatic rings. The molecule has 1 aromatic rings. The number of ether oxygens (including phenoxy) is 1. The van der Waals surface area contributed by atoms with Gasteiger partial charge in [0.2, 0.25) is 0 Å². The minimum Gasteiger partial charge on any atom is -0.465 e. The van der Waals surface area contributed by atoms with E-state index in [1.807, 2.05) is 12.1 Å². The van der Waals surface area contributed by atoms with Crippen molar-refractivity contribution in [3.05, 3.63) is 35.4 Å². The summed E-state index contributed by atoms with van der Waals surface area (Å²) in [6.45, 7) is 0. The van der Waals surface area contributed by atoms with Gasteiger partial charge in [-0.1, -0.05) is 18.2 Å². The largest absolute Gasteiger partial charge is 0.465 e. The summed E-state index contributed by atoms with van der Waals surface area (Å²) in [6, 6.07) is 10.8. The van der Waals surface area contributed by atoms with Crippen molar-refractivity contribution in [1.29, 1.82) is 10.5 Å². The second-order valence-corrected chi connectivity index (χ2v) is 4.78. The molecular weight excluding hydrogens is 264 g/mol. The molecule has 0 radical (unpaired) electrons. The molecule has 0 amide bonds. The van der Waals surface area contributed by atoms with E-state index in [4.69, 9.17) is 22.1 Å². The fourth-order valence-electron chi connectivity index (χ4n) is 1.72. The van der Waals surface area contributed by atoms with Gasteiger partial charge in [0.15, 0.2) is 0 Å². The lowest BCUT2D eigenvalue weighted by molar-refractivity contribution is 0.0599. The first-order valence-electron chi connectivity index (χ1n) is 5.69. The van der Waals surface area contributed by atoms with Crippen LogP contribution < -0.4 is 0 Å². The summed E-state index contributed by atoms with van der Waals surface area (Å²) in [6.07, 6.45) is 0.631. The number of methoxy groups -OCH3 is 1. The topological polar surface area (TPSA) is 73.9 Å². The van der Waals surface area contributed by atoms with Crippen LogP contribution >= 0.6 is 11.6 Å². The van der Waals surface area contributed by atoms with Crippen LogP contribution in [0.3, 0.4) is 0 Å². The molecule has 0 aliphatic heterocycles. The maximum atomic E-state index is 11.6. The van der Waals surface area contributed by atoms with E-state index in [0.717, 1.165) is 0 Å². The number of rotatable bonds is 5. The van der Waals surface area contributed by atoms with Gasteiger partial charge in [-0.2, -0.15) is 10.5 Å². The van der Waals surface area contributed by atoms with Crippen LogP contribution in [0.4, 0.5) is 0 Å². The van der Waals surface area contributed by atoms with Gasteiger partial charge in [-0.3, -0.25) is 0 Å². The predicted molar refractivity (Wildman–Crippen MR) is 70.5 cm³/mol. The van der Waals surface area contributed by atoms with Crippen LogP contribution in [0.25, 0.3) is 0 Å². The summed E-state index contributed by atoms with van der Waals surface area (Å²) in [5, 5.41) is 17.7. The predicted octanol–water partition coefficient (Wildman–Crippen LogP) is 2.82. The van der Waals surface area contributed by atoms with Gasteiger partial charge in [0.1, 0.15) is 4.87 Å². The maximum absolute atomic E-state index is 11.6. The Morgan fingerprint density at radius 3 is 2.68 bits per heavy atom. The SMILES string of the molecule is COC(=O)c1ccccc1CC(Cl)(C#N)CCC#N. The number of halogens is 1. The molecule has 0 N–H and O–H groups in total. The Balaban J connectivity index is 3.02. The van der Waals surface area contributed by atoms with Gasteiger partial charge in [-0.15, -0.1) is 11.6 Å². The van der Waals surface area contributed by atoms with Crippen molar-refractivity contribution in [2.24, 2.45) is 0 Å². The molecule has 0 bridgehead atoms. The van der Waals surface area contributed by atoms with Gasteiger partial charge in [0.25, 0.3) is 0 Å². The van der Waals surface area contributed by atoms with Crippen molar-refractivity contribution in [2.75, 3.05) is 7.11 Å². The van der Waals surface area contributed by atoms with E-state index in [0.29, 0.717) is 11.1 Å². The molecule has 0 aliphatic carbocycles. The Hall–Kier alpha value is -2.04. The Morgan fingerprint density at radius 2 is 2.11 bits per heavy atom. The van der Waals surface area contributed by atoms with Crippen LogP contribution in [-0.4, -0.2) is 18.0 Å². The molecule has 1 unspecified atom stereocenters. The van der Waals surface area contributed by atoms with Gasteiger partial charge >= 0.3 is 5.97 Å². The van der Waals surface area contributed by atoms with Gasteiger partial charge in [-0.25, -0.2) is 4.79 Å². The van der Waals surface area contributed by atoms with E-state index >= 15 is 0 Å². The molecule has 19 heavy (non-hydrogen) atoms. The first kappa shape index (κ1) is 15.0. The highest BCUT2D eigenvalue weighted by Crippen LogP contribution is 2.27. The number of hydrogen-bond acceptors (Lipinski definition) is 4. The summed E-state index contributed by atoms with van der Waals surface area (Å²) >= 11 is 6.19. The molecule has 0 saturated carbocycles. The average Bonchev–Trinajstić information content (AvgIpc) is 2.45. The van der Waals surface area contributed by atoms with E-state index < -0.39 is 10.8 Å². The van der Waals surface area contributed by atoms with Crippen molar-refractivity contribution >= 4 is 17.6 Å². The van der Waals surface area contributed by atoms with Crippen molar-refractivity contribution in [1.82, 2.24) is 0 Å². The molecule has 4 nitrogen and oxygen atoms in total. The molecule has 0 aromatic heterocycles. The monoisotopic (exact) mass is 276 g/mol. The highest BCUT2D eigenvalue weighted by Gasteiger charge is 2.29. The van der Waals surface area contributed by atoms with Crippen molar-refractivity contribution in [2.45, 2.75) is 24.1 Å². The molecule has 1 atom stereocenters. The number of nitrogens with zero attached hydrogens (tertiary/aromatic N) is 2. The molecule has 1 rings (SSSR count). The summed E-state index contributed by atoms with van der Waals surface area (Å²) in [5.41, 5.74) is 1.03. The first-order chi connectivity index (χ1) is 9.06. The Kier molecular flexibility index (Phi) is 5.36. The molecule has 0 saturated heterocycles. The maximum Gasteiger partial charge on any atom is 0.338 e. The molecule has 98 valence electrons. The average molecular weight is 277 g/mol. The quantitative estimate of drug-likeness (QED) is 0.612. The molecule has 1 aromatic carbocycles. The summed E-state index contributed by atoms with van der Waals surface area (Å²) in [5.74, 6) is -0.465. The Morgan fingerprint density at radius 1 is 1.42 bits per heavy atom. The standard InChI is InChI=1S/C14H13ClN2O2/c1-19-13(18)12-6-3-2-5-11(12)9-14(15,10-17)7-4-8-16/h2-3,5-6H,4,7,9H2,1H3. The molecule has 0 heterocycles. The van der Waals surface area contributed by atoms with Crippen LogP contribution in [0.2, 0.25) is 0 Å². The fourth-order valence-corrected chi connectivity index (χ4v) is 1.96. The smallest absolute Gasteiger partial charge is 0.338 e. The van der Waals surface area contributed by atoms with E-state index in [1.165, 1.54) is 7.11 Å².